The van der Waals surface area contributed by atoms with Crippen molar-refractivity contribution in [1.29, 1.82) is 0 Å². The first kappa shape index (κ1) is 18.1. The highest BCUT2D eigenvalue weighted by molar-refractivity contribution is 7.89. The highest BCUT2D eigenvalue weighted by Crippen LogP contribution is 2.29. The van der Waals surface area contributed by atoms with Crippen molar-refractivity contribution in [2.24, 2.45) is 0 Å². The fourth-order valence-corrected chi connectivity index (χ4v) is 3.58. The molecule has 10 heteroatoms. The summed E-state index contributed by atoms with van der Waals surface area (Å²) in [5.41, 5.74) is -0.0741. The number of ether oxygens (including phenoxy) is 1. The number of sulfonamides is 1. The molecule has 0 amide bonds. The van der Waals surface area contributed by atoms with E-state index in [0.717, 1.165) is 19.2 Å². The van der Waals surface area contributed by atoms with E-state index in [1.807, 2.05) is 0 Å². The van der Waals surface area contributed by atoms with Crippen LogP contribution in [-0.2, 0) is 14.8 Å². The molecule has 23 heavy (non-hydrogen) atoms. The van der Waals surface area contributed by atoms with Gasteiger partial charge in [0.25, 0.3) is 5.69 Å². The standard InChI is InChI=1S/C13H18ClN3O5S/c1-10-12(14)8-11(9-13(10)17(18)19)23(20,21)15-2-3-16-4-6-22-7-5-16/h8-9,15H,2-7H2,1H3. The summed E-state index contributed by atoms with van der Waals surface area (Å²) >= 11 is 5.91. The van der Waals surface area contributed by atoms with Crippen molar-refractivity contribution in [3.8, 4) is 0 Å². The van der Waals surface area contributed by atoms with Crippen LogP contribution in [0.2, 0.25) is 5.02 Å². The van der Waals surface area contributed by atoms with Crippen LogP contribution >= 0.6 is 11.6 Å². The molecule has 128 valence electrons. The summed E-state index contributed by atoms with van der Waals surface area (Å²) in [5, 5.41) is 11.0. The Morgan fingerprint density at radius 1 is 1.39 bits per heavy atom. The Morgan fingerprint density at radius 2 is 2.04 bits per heavy atom. The number of nitrogens with one attached hydrogen (secondary N) is 1. The van der Waals surface area contributed by atoms with Crippen LogP contribution in [0.15, 0.2) is 17.0 Å². The molecule has 8 nitrogen and oxygen atoms in total. The smallest absolute Gasteiger partial charge is 0.275 e. The quantitative estimate of drug-likeness (QED) is 0.601. The molecule has 0 bridgehead atoms. The van der Waals surface area contributed by atoms with E-state index in [-0.39, 0.29) is 27.7 Å². The Bertz CT molecular complexity index is 689. The van der Waals surface area contributed by atoms with Gasteiger partial charge in [-0.3, -0.25) is 15.0 Å². The third kappa shape index (κ3) is 4.61. The minimum Gasteiger partial charge on any atom is -0.379 e. The molecular formula is C13H18ClN3O5S. The van der Waals surface area contributed by atoms with Gasteiger partial charge >= 0.3 is 0 Å². The third-order valence-corrected chi connectivity index (χ3v) is 5.45. The summed E-state index contributed by atoms with van der Waals surface area (Å²) in [6.07, 6.45) is 0. The zero-order valence-corrected chi connectivity index (χ0v) is 14.2. The van der Waals surface area contributed by atoms with E-state index in [2.05, 4.69) is 9.62 Å². The first-order chi connectivity index (χ1) is 10.8. The van der Waals surface area contributed by atoms with Crippen LogP contribution in [0.5, 0.6) is 0 Å². The molecular weight excluding hydrogens is 346 g/mol. The first-order valence-corrected chi connectivity index (χ1v) is 8.91. The number of nitro groups is 1. The van der Waals surface area contributed by atoms with E-state index >= 15 is 0 Å². The number of benzene rings is 1. The molecule has 0 aliphatic carbocycles. The zero-order chi connectivity index (χ0) is 17.0. The molecule has 0 spiro atoms. The van der Waals surface area contributed by atoms with Gasteiger partial charge < -0.3 is 4.74 Å². The maximum Gasteiger partial charge on any atom is 0.275 e. The molecule has 0 unspecified atom stereocenters. The van der Waals surface area contributed by atoms with Gasteiger partial charge in [-0.15, -0.1) is 0 Å². The SMILES string of the molecule is Cc1c(Cl)cc(S(=O)(=O)NCCN2CCOCC2)cc1[N+](=O)[O-]. The summed E-state index contributed by atoms with van der Waals surface area (Å²) < 4.78 is 32.2. The molecule has 1 fully saturated rings. The highest BCUT2D eigenvalue weighted by Gasteiger charge is 2.22. The average Bonchev–Trinajstić information content (AvgIpc) is 2.50. The molecule has 0 radical (unpaired) electrons. The van der Waals surface area contributed by atoms with Gasteiger partial charge in [-0.25, -0.2) is 13.1 Å². The molecule has 0 saturated carbocycles. The van der Waals surface area contributed by atoms with Gasteiger partial charge in [0.15, 0.2) is 0 Å². The van der Waals surface area contributed by atoms with Crippen molar-refractivity contribution in [3.63, 3.8) is 0 Å². The van der Waals surface area contributed by atoms with Gasteiger partial charge in [-0.05, 0) is 13.0 Å². The lowest BCUT2D eigenvalue weighted by molar-refractivity contribution is -0.385. The minimum absolute atomic E-state index is 0.0488. The molecule has 1 aromatic rings. The monoisotopic (exact) mass is 363 g/mol. The summed E-state index contributed by atoms with van der Waals surface area (Å²) in [6.45, 7) is 5.00. The lowest BCUT2D eigenvalue weighted by Crippen LogP contribution is -2.41. The summed E-state index contributed by atoms with van der Waals surface area (Å²) in [4.78, 5) is 12.2. The minimum atomic E-state index is -3.85. The van der Waals surface area contributed by atoms with Crippen molar-refractivity contribution < 1.29 is 18.1 Å². The molecule has 1 aliphatic rings. The molecule has 0 aromatic heterocycles. The lowest BCUT2D eigenvalue weighted by Gasteiger charge is -2.26. The largest absolute Gasteiger partial charge is 0.379 e. The van der Waals surface area contributed by atoms with Gasteiger partial charge in [0, 0.05) is 37.8 Å². The highest BCUT2D eigenvalue weighted by atomic mass is 35.5. The molecule has 1 heterocycles. The fraction of sp³-hybridized carbons (Fsp3) is 0.538. The third-order valence-electron chi connectivity index (χ3n) is 3.62. The number of nitro benzene ring substituents is 1. The van der Waals surface area contributed by atoms with Gasteiger partial charge in [0.2, 0.25) is 10.0 Å². The number of morpholine rings is 1. The maximum absolute atomic E-state index is 12.3. The number of rotatable bonds is 6. The van der Waals surface area contributed by atoms with Crippen LogP contribution in [0.25, 0.3) is 0 Å². The van der Waals surface area contributed by atoms with Gasteiger partial charge in [0.1, 0.15) is 0 Å². The van der Waals surface area contributed by atoms with Crippen LogP contribution in [0.3, 0.4) is 0 Å². The second kappa shape index (κ2) is 7.54. The van der Waals surface area contributed by atoms with Crippen molar-refractivity contribution in [3.05, 3.63) is 32.8 Å². The van der Waals surface area contributed by atoms with E-state index in [1.165, 1.54) is 13.0 Å². The van der Waals surface area contributed by atoms with Crippen LogP contribution in [-0.4, -0.2) is 57.6 Å². The fourth-order valence-electron chi connectivity index (χ4n) is 2.23. The predicted octanol–water partition coefficient (Wildman–Crippen LogP) is 1.17. The summed E-state index contributed by atoms with van der Waals surface area (Å²) in [5.74, 6) is 0. The Kier molecular flexibility index (Phi) is 5.93. The molecule has 0 atom stereocenters. The van der Waals surface area contributed by atoms with Crippen molar-refractivity contribution in [1.82, 2.24) is 9.62 Å². The van der Waals surface area contributed by atoms with Gasteiger partial charge in [-0.2, -0.15) is 0 Å². The summed E-state index contributed by atoms with van der Waals surface area (Å²) in [7, 11) is -3.85. The molecule has 1 N–H and O–H groups in total. The van der Waals surface area contributed by atoms with Crippen LogP contribution in [0.1, 0.15) is 5.56 Å². The van der Waals surface area contributed by atoms with Crippen LogP contribution < -0.4 is 4.72 Å². The number of halogens is 1. The van der Waals surface area contributed by atoms with Gasteiger partial charge in [0.05, 0.1) is 28.1 Å². The average molecular weight is 364 g/mol. The topological polar surface area (TPSA) is 102 Å². The van der Waals surface area contributed by atoms with Crippen molar-refractivity contribution in [2.75, 3.05) is 39.4 Å². The van der Waals surface area contributed by atoms with Crippen molar-refractivity contribution in [2.45, 2.75) is 11.8 Å². The number of nitrogens with zero attached hydrogens (tertiary/aromatic N) is 2. The maximum atomic E-state index is 12.3. The normalized spacial score (nSPS) is 16.4. The summed E-state index contributed by atoms with van der Waals surface area (Å²) in [6, 6.07) is 2.25. The van der Waals surface area contributed by atoms with E-state index in [0.29, 0.717) is 19.8 Å². The lowest BCUT2D eigenvalue weighted by atomic mass is 10.2. The molecule has 2 rings (SSSR count). The van der Waals surface area contributed by atoms with Gasteiger partial charge in [-0.1, -0.05) is 11.6 Å². The van der Waals surface area contributed by atoms with E-state index in [1.54, 1.807) is 0 Å². The van der Waals surface area contributed by atoms with E-state index in [4.69, 9.17) is 16.3 Å². The molecule has 1 aromatic carbocycles. The molecule has 1 aliphatic heterocycles. The van der Waals surface area contributed by atoms with Crippen molar-refractivity contribution >= 4 is 27.3 Å². The Morgan fingerprint density at radius 3 is 2.65 bits per heavy atom. The number of hydrogen-bond acceptors (Lipinski definition) is 6. The molecule has 1 saturated heterocycles. The Hall–Kier alpha value is -1.26. The predicted molar refractivity (Wildman–Crippen MR) is 85.3 cm³/mol. The zero-order valence-electron chi connectivity index (χ0n) is 12.6. The van der Waals surface area contributed by atoms with Crippen LogP contribution in [0, 0.1) is 17.0 Å². The number of hydrogen-bond donors (Lipinski definition) is 1. The second-order valence-corrected chi connectivity index (χ2v) is 7.33. The Balaban J connectivity index is 2.08. The van der Waals surface area contributed by atoms with E-state index in [9.17, 15) is 18.5 Å². The van der Waals surface area contributed by atoms with E-state index < -0.39 is 14.9 Å². The second-order valence-electron chi connectivity index (χ2n) is 5.16. The van der Waals surface area contributed by atoms with Crippen LogP contribution in [0.4, 0.5) is 5.69 Å². The first-order valence-electron chi connectivity index (χ1n) is 7.05. The Labute approximate surface area is 139 Å².